The minimum Gasteiger partial charge on any atom is -0.395 e. The number of hydrogen-bond donors (Lipinski definition) is 5. The summed E-state index contributed by atoms with van der Waals surface area (Å²) < 4.78 is 122. The smallest absolute Gasteiger partial charge is 0.314 e. The summed E-state index contributed by atoms with van der Waals surface area (Å²) in [6.45, 7) is 7.34. The van der Waals surface area contributed by atoms with Gasteiger partial charge in [0.1, 0.15) is 11.6 Å². The molecular weight excluding hydrogens is 1780 g/mol. The first-order valence-corrected chi connectivity index (χ1v) is 49.1. The summed E-state index contributed by atoms with van der Waals surface area (Å²) in [5.74, 6) is -0.264. The van der Waals surface area contributed by atoms with Crippen LogP contribution in [-0.2, 0) is 87.7 Å². The maximum atomic E-state index is 14.0. The van der Waals surface area contributed by atoms with Crippen LogP contribution < -0.4 is 10.6 Å². The first-order chi connectivity index (χ1) is 59.6. The Hall–Kier alpha value is -5.12. The normalized spacial score (nSPS) is 16.0. The molecule has 6 aromatic carbocycles. The van der Waals surface area contributed by atoms with E-state index in [9.17, 15) is 55.0 Å². The third kappa shape index (κ3) is 31.6. The van der Waals surface area contributed by atoms with E-state index < -0.39 is 30.1 Å². The number of ketones is 2. The second-order valence-electron chi connectivity index (χ2n) is 31.5. The van der Waals surface area contributed by atoms with Gasteiger partial charge in [0.2, 0.25) is 30.1 Å². The number of urea groups is 1. The zero-order valence-electron chi connectivity index (χ0n) is 71.1. The Balaban J connectivity index is 0.649. The minimum atomic E-state index is -4.03. The van der Waals surface area contributed by atoms with Gasteiger partial charge in [0, 0.05) is 178 Å². The van der Waals surface area contributed by atoms with Crippen molar-refractivity contribution in [3.05, 3.63) is 189 Å². The highest BCUT2D eigenvalue weighted by Crippen LogP contribution is 2.43. The molecule has 0 fully saturated rings. The van der Waals surface area contributed by atoms with Crippen molar-refractivity contribution >= 4 is 117 Å². The van der Waals surface area contributed by atoms with Gasteiger partial charge >= 0.3 is 6.03 Å². The van der Waals surface area contributed by atoms with Gasteiger partial charge in [0.25, 0.3) is 0 Å². The Morgan fingerprint density at radius 3 is 1.02 bits per heavy atom. The van der Waals surface area contributed by atoms with E-state index in [4.69, 9.17) is 98.0 Å². The standard InChI is InChI=1S/C88H121Cl6N9O18S3/c1-97-59-79(76-53-68(89)56-85(92)82(76)62-97)65-14-8-21-73(50-65)122(110,111)101(29-35-104)32-41-119-47-44-116-38-11-19-71(107)17-4-6-26-100(27-7-5-18-72(108)20-12-39-117-45-48-120-42-33-102(30-36-105)123(112,113)74-22-9-15-66(51-74)80-60-98(2)63-83-77(80)54-69(90)57-86(83)93)28-13-24-95-88(109)96-25-40-118-46-49-121-43-34-103(31-37-106)124(114,115)75-23-10-16-67(52-75)81-61-99(3)64-84-78(81)55-70(91)58-87(84)94/h8-10,14-16,21-23,50-58,79-81,104-106H,4-7,11-13,17-20,24-49,59-64H2,1-3H3,(H2,95,96,109)/t79-,80-,81-/m0/s1. The van der Waals surface area contributed by atoms with Crippen LogP contribution in [0.15, 0.2) is 124 Å². The molecule has 0 bridgehead atoms. The quantitative estimate of drug-likeness (QED) is 0.0222. The summed E-state index contributed by atoms with van der Waals surface area (Å²) in [5, 5.41) is 38.6. The number of nitrogens with one attached hydrogen (secondary N) is 2. The molecule has 3 aliphatic rings. The number of Topliss-reactive ketones (excluding diaryl/α,β-unsaturated/α-hetero) is 2. The molecule has 2 amide bonds. The molecule has 0 unspecified atom stereocenters. The zero-order chi connectivity index (χ0) is 89.2. The SMILES string of the molecule is CN1Cc2c(Cl)cc(Cl)cc2[C@H](c2cccc(S(=O)(=O)N(CCO)CCOCCOCCCC(=O)CCCCN(CCCCC(=O)CCCOCCOCCN(CCO)S(=O)(=O)c3cccc([C@@H]4CN(C)Cc5c(Cl)cc(Cl)cc54)c3)CCCNC(=O)NCCOCCOCCN(CCO)S(=O)(=O)c3cccc([C@@H]4CN(C)Cc5c(Cl)cc(Cl)cc54)c3)c2)C1. The van der Waals surface area contributed by atoms with Gasteiger partial charge < -0.3 is 74.0 Å². The van der Waals surface area contributed by atoms with Gasteiger partial charge in [-0.3, -0.25) is 9.59 Å². The monoisotopic (exact) mass is 1900 g/mol. The third-order valence-corrected chi connectivity index (χ3v) is 29.5. The summed E-state index contributed by atoms with van der Waals surface area (Å²) >= 11 is 39.1. The molecule has 686 valence electrons. The number of sulfonamides is 3. The van der Waals surface area contributed by atoms with Crippen LogP contribution in [0.5, 0.6) is 0 Å². The number of rotatable bonds is 58. The van der Waals surface area contributed by atoms with E-state index in [0.29, 0.717) is 167 Å². The van der Waals surface area contributed by atoms with Crippen LogP contribution in [0.3, 0.4) is 0 Å². The molecule has 5 N–H and O–H groups in total. The largest absolute Gasteiger partial charge is 0.395 e. The fourth-order valence-electron chi connectivity index (χ4n) is 15.8. The minimum absolute atomic E-state index is 0.00614. The molecule has 36 heteroatoms. The highest BCUT2D eigenvalue weighted by Gasteiger charge is 2.35. The number of carbonyl (C=O) groups is 3. The number of fused-ring (bicyclic) bond motifs is 3. The third-order valence-electron chi connectivity index (χ3n) is 22.1. The number of hydrogen-bond acceptors (Lipinski definition) is 22. The van der Waals surface area contributed by atoms with Crippen molar-refractivity contribution in [1.29, 1.82) is 0 Å². The van der Waals surface area contributed by atoms with Crippen molar-refractivity contribution in [3.63, 3.8) is 0 Å². The summed E-state index contributed by atoms with van der Waals surface area (Å²) in [6, 6.07) is 30.9. The molecule has 0 spiro atoms. The number of aliphatic hydroxyl groups excluding tert-OH is 3. The van der Waals surface area contributed by atoms with Gasteiger partial charge in [-0.2, -0.15) is 12.9 Å². The molecule has 3 atom stereocenters. The highest BCUT2D eigenvalue weighted by molar-refractivity contribution is 7.89. The Morgan fingerprint density at radius 1 is 0.371 bits per heavy atom. The lowest BCUT2D eigenvalue weighted by atomic mass is 9.85. The highest BCUT2D eigenvalue weighted by atomic mass is 35.5. The molecule has 0 saturated carbocycles. The van der Waals surface area contributed by atoms with E-state index in [1.807, 2.05) is 57.5 Å². The van der Waals surface area contributed by atoms with Crippen molar-refractivity contribution < 1.29 is 83.4 Å². The van der Waals surface area contributed by atoms with E-state index in [0.717, 1.165) is 62.9 Å². The average molecular weight is 1900 g/mol. The number of likely N-dealkylation sites (N-methyl/N-ethyl adjacent to an activating group) is 3. The van der Waals surface area contributed by atoms with E-state index in [1.54, 1.807) is 72.8 Å². The zero-order valence-corrected chi connectivity index (χ0v) is 78.1. The van der Waals surface area contributed by atoms with E-state index in [-0.39, 0.29) is 182 Å². The maximum Gasteiger partial charge on any atom is 0.314 e. The first kappa shape index (κ1) is 103. The number of carbonyl (C=O) groups excluding carboxylic acids is 3. The molecule has 0 aliphatic carbocycles. The molecule has 124 heavy (non-hydrogen) atoms. The predicted molar refractivity (Wildman–Crippen MR) is 484 cm³/mol. The molecule has 0 radical (unpaired) electrons. The van der Waals surface area contributed by atoms with E-state index in [2.05, 4.69) is 30.2 Å². The Bertz CT molecular complexity index is 4300. The molecular formula is C88H121Cl6N9O18S3. The number of nitrogens with zero attached hydrogens (tertiary/aromatic N) is 7. The Kier molecular flexibility index (Phi) is 43.6. The number of amides is 2. The molecule has 9 rings (SSSR count). The molecule has 0 aromatic heterocycles. The van der Waals surface area contributed by atoms with Gasteiger partial charge in [-0.05, 0) is 209 Å². The lowest BCUT2D eigenvalue weighted by Gasteiger charge is -2.33. The second kappa shape index (κ2) is 52.7. The number of ether oxygens (including phenoxy) is 6. The number of halogens is 6. The second-order valence-corrected chi connectivity index (χ2v) is 39.8. The van der Waals surface area contributed by atoms with Crippen LogP contribution >= 0.6 is 69.6 Å². The van der Waals surface area contributed by atoms with Crippen LogP contribution in [0.1, 0.15) is 138 Å². The lowest BCUT2D eigenvalue weighted by molar-refractivity contribution is -0.120. The van der Waals surface area contributed by atoms with Crippen LogP contribution in [-0.4, -0.2) is 303 Å². The lowest BCUT2D eigenvalue weighted by Crippen LogP contribution is -2.39. The summed E-state index contributed by atoms with van der Waals surface area (Å²) in [5.41, 5.74) is 8.11. The van der Waals surface area contributed by atoms with Gasteiger partial charge in [-0.25, -0.2) is 30.0 Å². The van der Waals surface area contributed by atoms with Crippen molar-refractivity contribution in [2.75, 3.05) is 212 Å². The fourth-order valence-corrected chi connectivity index (χ4v) is 21.9. The number of unbranched alkanes of at least 4 members (excludes halogenated alkanes) is 2. The van der Waals surface area contributed by atoms with Crippen LogP contribution in [0.4, 0.5) is 4.79 Å². The summed E-state index contributed by atoms with van der Waals surface area (Å²) in [4.78, 5) is 47.9. The van der Waals surface area contributed by atoms with Gasteiger partial charge in [-0.1, -0.05) is 106 Å². The number of aliphatic hydroxyl groups is 3. The van der Waals surface area contributed by atoms with Crippen molar-refractivity contribution in [3.8, 4) is 0 Å². The average Bonchev–Trinajstić information content (AvgIpc) is 0.776. The fraction of sp³-hybridized carbons (Fsp3) is 0.557. The van der Waals surface area contributed by atoms with Gasteiger partial charge in [-0.15, -0.1) is 0 Å². The van der Waals surface area contributed by atoms with Crippen LogP contribution in [0.25, 0.3) is 0 Å². The van der Waals surface area contributed by atoms with Crippen molar-refractivity contribution in [1.82, 2.24) is 43.1 Å². The van der Waals surface area contributed by atoms with Crippen molar-refractivity contribution in [2.24, 2.45) is 0 Å². The predicted octanol–water partition coefficient (Wildman–Crippen LogP) is 11.8. The number of benzene rings is 6. The van der Waals surface area contributed by atoms with E-state index in [1.165, 1.54) is 12.9 Å². The molecule has 0 saturated heterocycles. The molecule has 3 aliphatic heterocycles. The van der Waals surface area contributed by atoms with E-state index >= 15 is 0 Å². The van der Waals surface area contributed by atoms with Crippen molar-refractivity contribution in [2.45, 2.75) is 123 Å². The Morgan fingerprint density at radius 2 is 0.677 bits per heavy atom. The van der Waals surface area contributed by atoms with Crippen LogP contribution in [0.2, 0.25) is 30.1 Å². The van der Waals surface area contributed by atoms with Gasteiger partial charge in [0.15, 0.2) is 0 Å². The summed E-state index contributed by atoms with van der Waals surface area (Å²) in [6.07, 6.45) is 6.07. The molecule has 6 aromatic rings. The first-order valence-electron chi connectivity index (χ1n) is 42.5. The van der Waals surface area contributed by atoms with Gasteiger partial charge in [0.05, 0.1) is 101 Å². The van der Waals surface area contributed by atoms with Crippen LogP contribution in [0, 0.1) is 0 Å². The Labute approximate surface area is 762 Å². The topological polar surface area (TPSA) is 316 Å². The maximum absolute atomic E-state index is 14.0. The molecule has 27 nitrogen and oxygen atoms in total. The molecule has 3 heterocycles. The summed E-state index contributed by atoms with van der Waals surface area (Å²) in [7, 11) is -6.11.